The van der Waals surface area contributed by atoms with E-state index in [-0.39, 0.29) is 36.1 Å². The number of carbonyl (C=O) groups excluding carboxylic acids is 2. The van der Waals surface area contributed by atoms with Gasteiger partial charge in [-0.25, -0.2) is 22.0 Å². The smallest absolute Gasteiger partial charge is 0.724 e. The fourth-order valence-electron chi connectivity index (χ4n) is 3.18. The summed E-state index contributed by atoms with van der Waals surface area (Å²) in [6.45, 7) is 1.49. The molecule has 0 radical (unpaired) electrons. The first-order chi connectivity index (χ1) is 11.0. The summed E-state index contributed by atoms with van der Waals surface area (Å²) in [4.78, 5) is 25.5. The zero-order valence-electron chi connectivity index (χ0n) is 13.4. The standard InChI is InChI=1S/C12H15F2N3O6S.Na/c1-6-2-8-5-16(11(19)17(8)23-24(20,21)22)9(6)10(18)15-7-3-12(13,14)4-7;/h2,7-9H,3-5H2,1H3,(H,15,18)(H,20,21,22);/q;+1/p-1/t8-,9+;/m1./s1. The van der Waals surface area contributed by atoms with E-state index < -0.39 is 59.2 Å². The molecule has 0 aromatic rings. The number of rotatable bonds is 4. The number of halogens is 2. The Bertz CT molecular complexity index is 722. The third-order valence-electron chi connectivity index (χ3n) is 4.17. The van der Waals surface area contributed by atoms with Crippen molar-refractivity contribution in [2.24, 2.45) is 0 Å². The number of alkyl halides is 2. The molecule has 0 aromatic heterocycles. The summed E-state index contributed by atoms with van der Waals surface area (Å²) >= 11 is 0. The summed E-state index contributed by atoms with van der Waals surface area (Å²) < 4.78 is 61.9. The van der Waals surface area contributed by atoms with Gasteiger partial charge in [0.1, 0.15) is 6.04 Å². The predicted molar refractivity (Wildman–Crippen MR) is 72.2 cm³/mol. The summed E-state index contributed by atoms with van der Waals surface area (Å²) in [5, 5.41) is 2.85. The van der Waals surface area contributed by atoms with Crippen molar-refractivity contribution in [3.05, 3.63) is 11.6 Å². The Hall–Kier alpha value is -0.790. The first-order valence-electron chi connectivity index (χ1n) is 7.09. The molecule has 0 spiro atoms. The van der Waals surface area contributed by atoms with E-state index in [9.17, 15) is 31.3 Å². The predicted octanol–water partition coefficient (Wildman–Crippen LogP) is -3.27. The van der Waals surface area contributed by atoms with E-state index >= 15 is 0 Å². The van der Waals surface area contributed by atoms with Crippen LogP contribution in [0.25, 0.3) is 0 Å². The number of nitrogens with one attached hydrogen (secondary N) is 1. The average molecular weight is 389 g/mol. The molecule has 1 saturated heterocycles. The van der Waals surface area contributed by atoms with Gasteiger partial charge in [-0.3, -0.25) is 4.79 Å². The Morgan fingerprint density at radius 3 is 2.56 bits per heavy atom. The average Bonchev–Trinajstić information content (AvgIpc) is 2.60. The van der Waals surface area contributed by atoms with Gasteiger partial charge in [0.15, 0.2) is 0 Å². The molecule has 3 aliphatic rings. The molecule has 9 nitrogen and oxygen atoms in total. The first-order valence-corrected chi connectivity index (χ1v) is 8.42. The first kappa shape index (κ1) is 20.5. The maximum absolute atomic E-state index is 12.8. The molecule has 1 N–H and O–H groups in total. The van der Waals surface area contributed by atoms with Crippen molar-refractivity contribution in [3.8, 4) is 0 Å². The Kier molecular flexibility index (Phi) is 5.53. The number of hydroxylamine groups is 2. The molecule has 0 aromatic carbocycles. The Balaban J connectivity index is 0.00000225. The van der Waals surface area contributed by atoms with Crippen molar-refractivity contribution in [2.75, 3.05) is 6.54 Å². The van der Waals surface area contributed by atoms with Crippen molar-refractivity contribution in [1.29, 1.82) is 0 Å². The maximum atomic E-state index is 12.8. The molecule has 1 saturated carbocycles. The van der Waals surface area contributed by atoms with E-state index in [1.165, 1.54) is 6.08 Å². The maximum Gasteiger partial charge on any atom is 1.00 e. The molecule has 134 valence electrons. The van der Waals surface area contributed by atoms with Gasteiger partial charge in [-0.1, -0.05) is 6.08 Å². The second-order valence-electron chi connectivity index (χ2n) is 6.09. The summed E-state index contributed by atoms with van der Waals surface area (Å²) in [5.74, 6) is -3.43. The number of carbonyl (C=O) groups is 2. The minimum atomic E-state index is -5.15. The van der Waals surface area contributed by atoms with Crippen LogP contribution in [0.5, 0.6) is 0 Å². The Morgan fingerprint density at radius 2 is 2.04 bits per heavy atom. The van der Waals surface area contributed by atoms with Crippen LogP contribution in [-0.2, 0) is 19.5 Å². The molecule has 3 rings (SSSR count). The van der Waals surface area contributed by atoms with Gasteiger partial charge in [0, 0.05) is 18.9 Å². The SMILES string of the molecule is CC1=C[C@@H]2CN(C(=O)N2OS(=O)(=O)[O-])[C@@H]1C(=O)NC1CC(F)(F)C1.[Na+]. The molecular weight excluding hydrogens is 375 g/mol. The van der Waals surface area contributed by atoms with Crippen molar-refractivity contribution in [3.63, 3.8) is 0 Å². The number of amides is 3. The summed E-state index contributed by atoms with van der Waals surface area (Å²) in [6.07, 6.45) is 0.509. The van der Waals surface area contributed by atoms with E-state index in [2.05, 4.69) is 9.60 Å². The van der Waals surface area contributed by atoms with E-state index in [0.717, 1.165) is 4.90 Å². The fraction of sp³-hybridized carbons (Fsp3) is 0.667. The monoisotopic (exact) mass is 389 g/mol. The van der Waals surface area contributed by atoms with Gasteiger partial charge in [0.05, 0.1) is 12.6 Å². The van der Waals surface area contributed by atoms with Gasteiger partial charge in [-0.15, -0.1) is 0 Å². The van der Waals surface area contributed by atoms with Crippen molar-refractivity contribution < 1.29 is 65.2 Å². The zero-order valence-corrected chi connectivity index (χ0v) is 16.3. The largest absolute Gasteiger partial charge is 1.00 e. The van der Waals surface area contributed by atoms with Crippen LogP contribution in [0.2, 0.25) is 0 Å². The Morgan fingerprint density at radius 1 is 1.44 bits per heavy atom. The second-order valence-corrected chi connectivity index (χ2v) is 7.06. The Labute approximate surface area is 164 Å². The van der Waals surface area contributed by atoms with Crippen molar-refractivity contribution >= 4 is 22.3 Å². The van der Waals surface area contributed by atoms with Crippen molar-refractivity contribution in [1.82, 2.24) is 15.3 Å². The van der Waals surface area contributed by atoms with Crippen LogP contribution in [-0.4, -0.2) is 65.5 Å². The molecule has 2 fully saturated rings. The number of hydrogen-bond donors (Lipinski definition) is 1. The van der Waals surface area contributed by atoms with Crippen LogP contribution in [0, 0.1) is 0 Å². The van der Waals surface area contributed by atoms with E-state index in [4.69, 9.17) is 0 Å². The van der Waals surface area contributed by atoms with Crippen LogP contribution >= 0.6 is 0 Å². The normalized spacial score (nSPS) is 28.2. The van der Waals surface area contributed by atoms with Crippen molar-refractivity contribution in [2.45, 2.75) is 43.8 Å². The molecule has 2 heterocycles. The molecule has 2 bridgehead atoms. The van der Waals surface area contributed by atoms with Gasteiger partial charge in [-0.05, 0) is 12.5 Å². The van der Waals surface area contributed by atoms with Crippen LogP contribution in [0.3, 0.4) is 0 Å². The molecule has 2 aliphatic heterocycles. The third-order valence-corrected chi connectivity index (χ3v) is 4.52. The van der Waals surface area contributed by atoms with Gasteiger partial charge in [0.25, 0.3) is 5.92 Å². The molecule has 3 amide bonds. The molecular formula is C12H14F2N3NaO6S. The second kappa shape index (κ2) is 6.74. The van der Waals surface area contributed by atoms with Gasteiger partial charge in [-0.2, -0.15) is 9.35 Å². The number of nitrogens with zero attached hydrogens (tertiary/aromatic N) is 2. The number of urea groups is 1. The molecule has 13 heteroatoms. The van der Waals surface area contributed by atoms with Gasteiger partial charge < -0.3 is 14.8 Å². The third kappa shape index (κ3) is 4.14. The molecule has 1 aliphatic carbocycles. The summed E-state index contributed by atoms with van der Waals surface area (Å²) in [6, 6.07) is -3.51. The topological polar surface area (TPSA) is 119 Å². The van der Waals surface area contributed by atoms with E-state index in [1.807, 2.05) is 0 Å². The minimum absolute atomic E-state index is 0. The zero-order chi connectivity index (χ0) is 17.9. The fourth-order valence-corrected chi connectivity index (χ4v) is 3.55. The number of hydrogen-bond acceptors (Lipinski definition) is 6. The summed E-state index contributed by atoms with van der Waals surface area (Å²) in [5.41, 5.74) is 0.428. The minimum Gasteiger partial charge on any atom is -0.724 e. The van der Waals surface area contributed by atoms with Gasteiger partial charge >= 0.3 is 35.6 Å². The van der Waals surface area contributed by atoms with Crippen LogP contribution in [0.1, 0.15) is 19.8 Å². The molecule has 25 heavy (non-hydrogen) atoms. The van der Waals surface area contributed by atoms with E-state index in [0.29, 0.717) is 10.6 Å². The van der Waals surface area contributed by atoms with Crippen LogP contribution < -0.4 is 34.9 Å². The van der Waals surface area contributed by atoms with Gasteiger partial charge in [0.2, 0.25) is 16.3 Å². The number of fused-ring (bicyclic) bond motifs is 2. The molecule has 0 unspecified atom stereocenters. The van der Waals surface area contributed by atoms with Crippen LogP contribution in [0.15, 0.2) is 11.6 Å². The van der Waals surface area contributed by atoms with Crippen LogP contribution in [0.4, 0.5) is 13.6 Å². The summed E-state index contributed by atoms with van der Waals surface area (Å²) in [7, 11) is -5.15. The van der Waals surface area contributed by atoms with E-state index in [1.54, 1.807) is 6.92 Å². The molecule has 2 atom stereocenters. The quantitative estimate of drug-likeness (QED) is 0.233.